The van der Waals surface area contributed by atoms with Crippen LogP contribution in [-0.2, 0) is 9.59 Å². The van der Waals surface area contributed by atoms with Gasteiger partial charge in [0.1, 0.15) is 17.9 Å². The Labute approximate surface area is 167 Å². The van der Waals surface area contributed by atoms with E-state index in [-0.39, 0.29) is 24.0 Å². The van der Waals surface area contributed by atoms with E-state index in [0.29, 0.717) is 31.1 Å². The lowest BCUT2D eigenvalue weighted by Gasteiger charge is -2.29. The molecule has 4 rings (SSSR count). The summed E-state index contributed by atoms with van der Waals surface area (Å²) in [6.45, 7) is 2.12. The molecule has 3 aliphatic rings. The fourth-order valence-electron chi connectivity index (χ4n) is 4.91. The van der Waals surface area contributed by atoms with E-state index in [4.69, 9.17) is 4.74 Å². The first kappa shape index (κ1) is 19.2. The Hall–Kier alpha value is -2.11. The van der Waals surface area contributed by atoms with E-state index in [0.717, 1.165) is 38.8 Å². The van der Waals surface area contributed by atoms with Gasteiger partial charge in [-0.3, -0.25) is 14.6 Å². The average molecular weight is 386 g/mol. The molecule has 2 amide bonds. The lowest BCUT2D eigenvalue weighted by molar-refractivity contribution is -0.143. The first-order chi connectivity index (χ1) is 13.7. The van der Waals surface area contributed by atoms with Crippen molar-refractivity contribution in [3.05, 3.63) is 24.5 Å². The second-order valence-electron chi connectivity index (χ2n) is 8.47. The van der Waals surface area contributed by atoms with Crippen LogP contribution < -0.4 is 4.74 Å². The number of aromatic nitrogens is 1. The number of nitrogens with zero attached hydrogens (tertiary/aromatic N) is 3. The number of hydrogen-bond donors (Lipinski definition) is 0. The summed E-state index contributed by atoms with van der Waals surface area (Å²) in [5, 5.41) is 0. The van der Waals surface area contributed by atoms with Gasteiger partial charge in [-0.1, -0.05) is 19.3 Å². The molecular formula is C22H31N3O3. The molecule has 3 fully saturated rings. The Morgan fingerprint density at radius 3 is 2.61 bits per heavy atom. The highest BCUT2D eigenvalue weighted by Crippen LogP contribution is 2.30. The Bertz CT molecular complexity index is 669. The van der Waals surface area contributed by atoms with E-state index in [1.165, 1.54) is 19.3 Å². The zero-order valence-corrected chi connectivity index (χ0v) is 16.6. The summed E-state index contributed by atoms with van der Waals surface area (Å²) in [5.74, 6) is 1.40. The molecule has 3 heterocycles. The average Bonchev–Trinajstić information content (AvgIpc) is 3.39. The predicted octanol–water partition coefficient (Wildman–Crippen LogP) is 3.02. The van der Waals surface area contributed by atoms with Gasteiger partial charge >= 0.3 is 0 Å². The Morgan fingerprint density at radius 1 is 1.11 bits per heavy atom. The number of carbonyl (C=O) groups is 2. The molecule has 1 saturated carbocycles. The maximum absolute atomic E-state index is 13.1. The van der Waals surface area contributed by atoms with Gasteiger partial charge in [-0.05, 0) is 43.7 Å². The molecule has 1 aromatic rings. The number of hydrogen-bond acceptors (Lipinski definition) is 4. The van der Waals surface area contributed by atoms with Crippen molar-refractivity contribution < 1.29 is 14.3 Å². The molecule has 6 heteroatoms. The molecule has 0 spiro atoms. The largest absolute Gasteiger partial charge is 0.487 e. The molecule has 0 bridgehead atoms. The van der Waals surface area contributed by atoms with Gasteiger partial charge < -0.3 is 14.5 Å². The Kier molecular flexibility index (Phi) is 6.13. The van der Waals surface area contributed by atoms with Crippen molar-refractivity contribution in [3.8, 4) is 5.75 Å². The van der Waals surface area contributed by atoms with Crippen molar-refractivity contribution in [2.75, 3.05) is 19.6 Å². The molecule has 1 aliphatic carbocycles. The number of carbonyl (C=O) groups excluding carboxylic acids is 2. The normalized spacial score (nSPS) is 25.9. The van der Waals surface area contributed by atoms with E-state index in [9.17, 15) is 9.59 Å². The smallest absolute Gasteiger partial charge is 0.245 e. The second-order valence-corrected chi connectivity index (χ2v) is 8.47. The van der Waals surface area contributed by atoms with Gasteiger partial charge in [0, 0.05) is 32.1 Å². The van der Waals surface area contributed by atoms with Gasteiger partial charge in [0.2, 0.25) is 11.8 Å². The van der Waals surface area contributed by atoms with Gasteiger partial charge in [0.25, 0.3) is 0 Å². The third-order valence-electron chi connectivity index (χ3n) is 6.41. The first-order valence-corrected chi connectivity index (χ1v) is 10.9. The highest BCUT2D eigenvalue weighted by molar-refractivity contribution is 5.88. The van der Waals surface area contributed by atoms with Crippen LogP contribution in [0, 0.1) is 5.92 Å². The van der Waals surface area contributed by atoms with Crippen molar-refractivity contribution in [1.82, 2.24) is 14.8 Å². The molecular weight excluding hydrogens is 354 g/mol. The third-order valence-corrected chi connectivity index (χ3v) is 6.41. The van der Waals surface area contributed by atoms with Crippen LogP contribution in [0.3, 0.4) is 0 Å². The van der Waals surface area contributed by atoms with E-state index >= 15 is 0 Å². The lowest BCUT2D eigenvalue weighted by atomic mass is 9.86. The number of pyridine rings is 1. The van der Waals surface area contributed by atoms with Crippen LogP contribution in [0.2, 0.25) is 0 Å². The number of amides is 2. The topological polar surface area (TPSA) is 62.7 Å². The van der Waals surface area contributed by atoms with Crippen LogP contribution in [0.25, 0.3) is 0 Å². The molecule has 2 aliphatic heterocycles. The van der Waals surface area contributed by atoms with Crippen molar-refractivity contribution in [2.45, 2.75) is 69.9 Å². The fraction of sp³-hybridized carbons (Fsp3) is 0.682. The van der Waals surface area contributed by atoms with E-state index in [1.54, 1.807) is 12.4 Å². The van der Waals surface area contributed by atoms with Crippen molar-refractivity contribution in [3.63, 3.8) is 0 Å². The standard InChI is InChI=1S/C22H31N3O3/c26-21(13-17-7-2-1-3-8-17)25-16-19(28-18-9-6-10-23-15-18)14-20(25)22(27)24-11-4-5-12-24/h6,9-10,15,17,19-20H,1-5,7-8,11-14,16H2. The minimum absolute atomic E-state index is 0.104. The SMILES string of the molecule is O=C(C1CC(Oc2cccnc2)CN1C(=O)CC1CCCCC1)N1CCCC1. The van der Waals surface area contributed by atoms with Crippen LogP contribution in [0.15, 0.2) is 24.5 Å². The van der Waals surface area contributed by atoms with Gasteiger partial charge in [-0.2, -0.15) is 0 Å². The lowest BCUT2D eigenvalue weighted by Crippen LogP contribution is -2.47. The molecule has 0 radical (unpaired) electrons. The van der Waals surface area contributed by atoms with E-state index < -0.39 is 0 Å². The molecule has 2 saturated heterocycles. The summed E-state index contributed by atoms with van der Waals surface area (Å²) in [6, 6.07) is 3.33. The number of likely N-dealkylation sites (tertiary alicyclic amines) is 2. The molecule has 2 unspecified atom stereocenters. The van der Waals surface area contributed by atoms with Crippen molar-refractivity contribution >= 4 is 11.8 Å². The number of ether oxygens (including phenoxy) is 1. The number of rotatable bonds is 5. The Balaban J connectivity index is 1.45. The summed E-state index contributed by atoms with van der Waals surface area (Å²) in [6.07, 6.45) is 12.5. The van der Waals surface area contributed by atoms with Gasteiger partial charge in [0.05, 0.1) is 12.7 Å². The van der Waals surface area contributed by atoms with E-state index in [2.05, 4.69) is 4.98 Å². The monoisotopic (exact) mass is 385 g/mol. The van der Waals surface area contributed by atoms with Gasteiger partial charge in [-0.25, -0.2) is 0 Å². The van der Waals surface area contributed by atoms with E-state index in [1.807, 2.05) is 21.9 Å². The molecule has 152 valence electrons. The molecule has 2 atom stereocenters. The Morgan fingerprint density at radius 2 is 1.89 bits per heavy atom. The summed E-state index contributed by atoms with van der Waals surface area (Å²) in [5.41, 5.74) is 0. The molecule has 28 heavy (non-hydrogen) atoms. The quantitative estimate of drug-likeness (QED) is 0.782. The zero-order chi connectivity index (χ0) is 19.3. The molecule has 0 aromatic carbocycles. The van der Waals surface area contributed by atoms with Crippen LogP contribution in [0.5, 0.6) is 5.75 Å². The summed E-state index contributed by atoms with van der Waals surface area (Å²) < 4.78 is 6.06. The summed E-state index contributed by atoms with van der Waals surface area (Å²) in [7, 11) is 0. The van der Waals surface area contributed by atoms with Crippen LogP contribution in [-0.4, -0.2) is 58.4 Å². The maximum atomic E-state index is 13.1. The van der Waals surface area contributed by atoms with Crippen LogP contribution in [0.4, 0.5) is 0 Å². The second kappa shape index (κ2) is 8.93. The van der Waals surface area contributed by atoms with Crippen molar-refractivity contribution in [2.24, 2.45) is 5.92 Å². The predicted molar refractivity (Wildman–Crippen MR) is 106 cm³/mol. The third kappa shape index (κ3) is 4.47. The first-order valence-electron chi connectivity index (χ1n) is 10.9. The summed E-state index contributed by atoms with van der Waals surface area (Å²) >= 11 is 0. The minimum atomic E-state index is -0.379. The minimum Gasteiger partial charge on any atom is -0.487 e. The fourth-order valence-corrected chi connectivity index (χ4v) is 4.91. The van der Waals surface area contributed by atoms with Gasteiger partial charge in [-0.15, -0.1) is 0 Å². The molecule has 0 N–H and O–H groups in total. The van der Waals surface area contributed by atoms with Crippen LogP contribution in [0.1, 0.15) is 57.8 Å². The molecule has 6 nitrogen and oxygen atoms in total. The van der Waals surface area contributed by atoms with Crippen molar-refractivity contribution in [1.29, 1.82) is 0 Å². The maximum Gasteiger partial charge on any atom is 0.245 e. The van der Waals surface area contributed by atoms with Crippen LogP contribution >= 0.6 is 0 Å². The molecule has 1 aromatic heterocycles. The highest BCUT2D eigenvalue weighted by Gasteiger charge is 2.43. The zero-order valence-electron chi connectivity index (χ0n) is 16.6. The summed E-state index contributed by atoms with van der Waals surface area (Å²) in [4.78, 5) is 34.1. The highest BCUT2D eigenvalue weighted by atomic mass is 16.5. The van der Waals surface area contributed by atoms with Gasteiger partial charge in [0.15, 0.2) is 0 Å².